The first kappa shape index (κ1) is 23.8. The highest BCUT2D eigenvalue weighted by Gasteiger charge is 2.38. The predicted molar refractivity (Wildman–Crippen MR) is 127 cm³/mol. The molecule has 4 amide bonds. The Kier molecular flexibility index (Phi) is 6.69. The normalized spacial score (nSPS) is 14.7. The van der Waals surface area contributed by atoms with Gasteiger partial charge in [0, 0.05) is 22.2 Å². The molecule has 0 unspecified atom stereocenters. The van der Waals surface area contributed by atoms with E-state index in [2.05, 4.69) is 15.9 Å². The third kappa shape index (κ3) is 5.09. The van der Waals surface area contributed by atoms with Gasteiger partial charge in [-0.15, -0.1) is 0 Å². The molecule has 0 saturated carbocycles. The lowest BCUT2D eigenvalue weighted by Crippen LogP contribution is -2.54. The van der Waals surface area contributed by atoms with Gasteiger partial charge in [-0.3, -0.25) is 25.0 Å². The van der Waals surface area contributed by atoms with Gasteiger partial charge in [0.15, 0.2) is 0 Å². The Morgan fingerprint density at radius 1 is 1.06 bits per heavy atom. The van der Waals surface area contributed by atoms with Gasteiger partial charge in [0.05, 0.1) is 10.6 Å². The van der Waals surface area contributed by atoms with E-state index < -0.39 is 34.2 Å². The minimum Gasteiger partial charge on any atom is -0.488 e. The molecule has 1 heterocycles. The molecule has 1 N–H and O–H groups in total. The summed E-state index contributed by atoms with van der Waals surface area (Å²) in [4.78, 5) is 48.7. The van der Waals surface area contributed by atoms with Crippen molar-refractivity contribution in [2.24, 2.45) is 0 Å². The third-order valence-electron chi connectivity index (χ3n) is 5.01. The van der Waals surface area contributed by atoms with Crippen molar-refractivity contribution in [2.75, 3.05) is 4.90 Å². The second-order valence-electron chi connectivity index (χ2n) is 7.30. The van der Waals surface area contributed by atoms with E-state index >= 15 is 0 Å². The molecule has 0 aromatic heterocycles. The first-order valence-corrected chi connectivity index (χ1v) is 10.9. The van der Waals surface area contributed by atoms with Crippen molar-refractivity contribution >= 4 is 51.2 Å². The van der Waals surface area contributed by atoms with Crippen LogP contribution in [0.15, 0.2) is 76.8 Å². The minimum absolute atomic E-state index is 0.0514. The largest absolute Gasteiger partial charge is 0.488 e. The third-order valence-corrected chi connectivity index (χ3v) is 5.50. The molecule has 176 valence electrons. The number of anilines is 1. The molecule has 0 radical (unpaired) electrons. The van der Waals surface area contributed by atoms with Gasteiger partial charge >= 0.3 is 6.03 Å². The highest BCUT2D eigenvalue weighted by molar-refractivity contribution is 9.10. The smallest absolute Gasteiger partial charge is 0.336 e. The molecule has 11 heteroatoms. The molecule has 0 atom stereocenters. The number of hydrogen-bond donors (Lipinski definition) is 1. The van der Waals surface area contributed by atoms with Crippen LogP contribution in [0, 0.1) is 15.9 Å². The highest BCUT2D eigenvalue weighted by Crippen LogP contribution is 2.29. The number of ether oxygens (including phenoxy) is 1. The van der Waals surface area contributed by atoms with E-state index in [0.29, 0.717) is 26.2 Å². The number of urea groups is 1. The minimum atomic E-state index is -1.06. The van der Waals surface area contributed by atoms with Crippen molar-refractivity contribution < 1.29 is 28.4 Å². The SMILES string of the molecule is O=C1NC(=O)N(c2ccccc2F)C(=O)/C1=C\c1cc(Br)ccc1OCc1ccc([N+](=O)[O-])cc1. The molecular formula is C24H15BrFN3O6. The van der Waals surface area contributed by atoms with Crippen molar-refractivity contribution in [3.63, 3.8) is 0 Å². The van der Waals surface area contributed by atoms with Crippen LogP contribution in [0.4, 0.5) is 20.6 Å². The standard InChI is InChI=1S/C24H15BrFN3O6/c25-16-7-10-21(35-13-14-5-8-17(9-6-14)29(33)34)15(11-16)12-18-22(30)27-24(32)28(23(18)31)20-4-2-1-3-19(20)26/h1-12H,13H2,(H,27,30,32)/b18-12-. The molecule has 1 saturated heterocycles. The van der Waals surface area contributed by atoms with Gasteiger partial charge in [-0.05, 0) is 54.1 Å². The predicted octanol–water partition coefficient (Wildman–Crippen LogP) is 4.74. The first-order valence-electron chi connectivity index (χ1n) is 10.1. The maximum absolute atomic E-state index is 14.3. The Morgan fingerprint density at radius 3 is 2.46 bits per heavy atom. The molecule has 35 heavy (non-hydrogen) atoms. The Morgan fingerprint density at radius 2 is 1.77 bits per heavy atom. The molecule has 1 aliphatic heterocycles. The van der Waals surface area contributed by atoms with Gasteiger partial charge in [-0.25, -0.2) is 14.1 Å². The second-order valence-corrected chi connectivity index (χ2v) is 8.22. The van der Waals surface area contributed by atoms with Gasteiger partial charge in [-0.2, -0.15) is 0 Å². The maximum Gasteiger partial charge on any atom is 0.336 e. The van der Waals surface area contributed by atoms with E-state index in [1.807, 2.05) is 5.32 Å². The van der Waals surface area contributed by atoms with Crippen molar-refractivity contribution in [3.05, 3.63) is 104 Å². The zero-order valence-corrected chi connectivity index (χ0v) is 19.3. The molecule has 3 aromatic rings. The van der Waals surface area contributed by atoms with Gasteiger partial charge < -0.3 is 4.74 Å². The Bertz CT molecular complexity index is 1390. The van der Waals surface area contributed by atoms with Crippen LogP contribution in [0.1, 0.15) is 11.1 Å². The summed E-state index contributed by atoms with van der Waals surface area (Å²) in [5.74, 6) is -2.44. The number of nitro groups is 1. The number of amides is 4. The van der Waals surface area contributed by atoms with Gasteiger partial charge in [0.2, 0.25) is 0 Å². The second kappa shape index (κ2) is 9.85. The Balaban J connectivity index is 1.65. The quantitative estimate of drug-likeness (QED) is 0.209. The lowest BCUT2D eigenvalue weighted by molar-refractivity contribution is -0.384. The molecule has 0 bridgehead atoms. The molecule has 9 nitrogen and oxygen atoms in total. The van der Waals surface area contributed by atoms with Crippen LogP contribution in [-0.2, 0) is 16.2 Å². The van der Waals surface area contributed by atoms with Gasteiger partial charge in [-0.1, -0.05) is 28.1 Å². The number of barbiturate groups is 1. The van der Waals surface area contributed by atoms with Crippen LogP contribution in [0.25, 0.3) is 6.08 Å². The number of nitrogens with zero attached hydrogens (tertiary/aromatic N) is 2. The van der Waals surface area contributed by atoms with Crippen molar-refractivity contribution in [1.82, 2.24) is 5.32 Å². The van der Waals surface area contributed by atoms with Gasteiger partial charge in [0.1, 0.15) is 23.7 Å². The molecule has 0 aliphatic carbocycles. The zero-order chi connectivity index (χ0) is 25.1. The number of nitro benzene ring substituents is 1. The monoisotopic (exact) mass is 539 g/mol. The summed E-state index contributed by atoms with van der Waals surface area (Å²) in [7, 11) is 0. The summed E-state index contributed by atoms with van der Waals surface area (Å²) in [6, 6.07) is 14.8. The molecule has 3 aromatic carbocycles. The van der Waals surface area contributed by atoms with E-state index in [-0.39, 0.29) is 18.0 Å². The van der Waals surface area contributed by atoms with E-state index in [1.165, 1.54) is 36.4 Å². The molecule has 1 fully saturated rings. The van der Waals surface area contributed by atoms with Crippen LogP contribution < -0.4 is 15.0 Å². The first-order chi connectivity index (χ1) is 16.7. The zero-order valence-electron chi connectivity index (χ0n) is 17.7. The number of non-ortho nitro benzene ring substituents is 1. The van der Waals surface area contributed by atoms with E-state index in [4.69, 9.17) is 4.74 Å². The Hall–Kier alpha value is -4.38. The lowest BCUT2D eigenvalue weighted by atomic mass is 10.1. The molecule has 0 spiro atoms. The molecular weight excluding hydrogens is 525 g/mol. The van der Waals surface area contributed by atoms with Crippen LogP contribution in [-0.4, -0.2) is 22.8 Å². The highest BCUT2D eigenvalue weighted by atomic mass is 79.9. The summed E-state index contributed by atoms with van der Waals surface area (Å²) < 4.78 is 20.7. The van der Waals surface area contributed by atoms with Crippen molar-refractivity contribution in [2.45, 2.75) is 6.61 Å². The number of hydrogen-bond acceptors (Lipinski definition) is 6. The number of imide groups is 2. The van der Waals surface area contributed by atoms with Crippen LogP contribution >= 0.6 is 15.9 Å². The number of benzene rings is 3. The maximum atomic E-state index is 14.3. The summed E-state index contributed by atoms with van der Waals surface area (Å²) in [5.41, 5.74) is 0.240. The van der Waals surface area contributed by atoms with Crippen LogP contribution in [0.3, 0.4) is 0 Å². The number of carbonyl (C=O) groups is 3. The Labute approximate surface area is 206 Å². The summed E-state index contributed by atoms with van der Waals surface area (Å²) in [6.07, 6.45) is 1.24. The van der Waals surface area contributed by atoms with Crippen molar-refractivity contribution in [3.8, 4) is 5.75 Å². The molecule has 1 aliphatic rings. The lowest BCUT2D eigenvalue weighted by Gasteiger charge is -2.26. The van der Waals surface area contributed by atoms with Crippen LogP contribution in [0.5, 0.6) is 5.75 Å². The fourth-order valence-electron chi connectivity index (χ4n) is 3.30. The average Bonchev–Trinajstić information content (AvgIpc) is 2.82. The fourth-order valence-corrected chi connectivity index (χ4v) is 3.68. The van der Waals surface area contributed by atoms with Gasteiger partial charge in [0.25, 0.3) is 17.5 Å². The van der Waals surface area contributed by atoms with Crippen LogP contribution in [0.2, 0.25) is 0 Å². The number of rotatable bonds is 6. The topological polar surface area (TPSA) is 119 Å². The number of carbonyl (C=O) groups excluding carboxylic acids is 3. The van der Waals surface area contributed by atoms with E-state index in [1.54, 1.807) is 30.3 Å². The summed E-state index contributed by atoms with van der Waals surface area (Å²) >= 11 is 3.33. The van der Waals surface area contributed by atoms with E-state index in [0.717, 1.165) is 6.07 Å². The average molecular weight is 540 g/mol. The van der Waals surface area contributed by atoms with Crippen molar-refractivity contribution in [1.29, 1.82) is 0 Å². The van der Waals surface area contributed by atoms with E-state index in [9.17, 15) is 28.9 Å². The number of halogens is 2. The number of para-hydroxylation sites is 1. The summed E-state index contributed by atoms with van der Waals surface area (Å²) in [6.45, 7) is 0.0514. The summed E-state index contributed by atoms with van der Waals surface area (Å²) in [5, 5.41) is 12.9. The fraction of sp³-hybridized carbons (Fsp3) is 0.0417. The number of nitrogens with one attached hydrogen (secondary N) is 1. The molecule has 4 rings (SSSR count).